The number of allylic oxidation sites excluding steroid dienone is 1. The molecule has 120 valence electrons. The molecule has 0 aliphatic rings. The SMILES string of the molecule is COc1cc(/C=C(\C#N)c2nc3ccccc3[nH]2)c(Br)c(Br)c1O. The summed E-state index contributed by atoms with van der Waals surface area (Å²) in [7, 11) is 1.47. The maximum absolute atomic E-state index is 10.0. The summed E-state index contributed by atoms with van der Waals surface area (Å²) in [5.74, 6) is 0.774. The average Bonchev–Trinajstić information content (AvgIpc) is 3.03. The fourth-order valence-electron chi connectivity index (χ4n) is 2.26. The number of methoxy groups -OCH3 is 1. The Morgan fingerprint density at radius 1 is 1.33 bits per heavy atom. The molecular formula is C17H11Br2N3O2. The molecule has 0 amide bonds. The molecule has 0 spiro atoms. The summed E-state index contributed by atoms with van der Waals surface area (Å²) in [6.07, 6.45) is 1.68. The minimum atomic E-state index is -0.0104. The van der Waals surface area contributed by atoms with E-state index in [4.69, 9.17) is 4.74 Å². The van der Waals surface area contributed by atoms with Crippen molar-refractivity contribution in [2.75, 3.05) is 7.11 Å². The lowest BCUT2D eigenvalue weighted by Crippen LogP contribution is -1.90. The van der Waals surface area contributed by atoms with E-state index in [1.807, 2.05) is 24.3 Å². The van der Waals surface area contributed by atoms with E-state index in [0.29, 0.717) is 31.7 Å². The van der Waals surface area contributed by atoms with Crippen LogP contribution in [0, 0.1) is 11.3 Å². The number of nitriles is 1. The minimum absolute atomic E-state index is 0.0104. The lowest BCUT2D eigenvalue weighted by atomic mass is 10.1. The number of ether oxygens (including phenoxy) is 1. The normalized spacial score (nSPS) is 11.5. The Kier molecular flexibility index (Phi) is 4.60. The number of phenolic OH excluding ortho intramolecular Hbond substituents is 1. The number of hydrogen-bond donors (Lipinski definition) is 2. The molecule has 1 aromatic heterocycles. The molecule has 0 radical (unpaired) electrons. The zero-order valence-corrected chi connectivity index (χ0v) is 15.6. The number of nitrogens with one attached hydrogen (secondary N) is 1. The highest BCUT2D eigenvalue weighted by Gasteiger charge is 2.15. The fraction of sp³-hybridized carbons (Fsp3) is 0.0588. The number of halogens is 2. The van der Waals surface area contributed by atoms with Gasteiger partial charge in [0.25, 0.3) is 0 Å². The highest BCUT2D eigenvalue weighted by atomic mass is 79.9. The predicted molar refractivity (Wildman–Crippen MR) is 99.6 cm³/mol. The molecule has 3 rings (SSSR count). The molecular weight excluding hydrogens is 438 g/mol. The summed E-state index contributed by atoms with van der Waals surface area (Å²) in [4.78, 5) is 7.57. The Bertz CT molecular complexity index is 970. The lowest BCUT2D eigenvalue weighted by Gasteiger charge is -2.10. The van der Waals surface area contributed by atoms with Crippen LogP contribution in [-0.2, 0) is 0 Å². The van der Waals surface area contributed by atoms with Gasteiger partial charge < -0.3 is 14.8 Å². The lowest BCUT2D eigenvalue weighted by molar-refractivity contribution is 0.371. The van der Waals surface area contributed by atoms with Gasteiger partial charge in [0.15, 0.2) is 11.5 Å². The second kappa shape index (κ2) is 6.67. The fourth-order valence-corrected chi connectivity index (χ4v) is 3.10. The molecule has 2 aromatic carbocycles. The molecule has 3 aromatic rings. The molecule has 1 heterocycles. The van der Waals surface area contributed by atoms with Crippen LogP contribution in [0.4, 0.5) is 0 Å². The van der Waals surface area contributed by atoms with Crippen LogP contribution >= 0.6 is 31.9 Å². The van der Waals surface area contributed by atoms with Crippen LogP contribution < -0.4 is 4.74 Å². The van der Waals surface area contributed by atoms with E-state index < -0.39 is 0 Å². The summed E-state index contributed by atoms with van der Waals surface area (Å²) in [6, 6.07) is 11.4. The topological polar surface area (TPSA) is 81.9 Å². The van der Waals surface area contributed by atoms with Gasteiger partial charge >= 0.3 is 0 Å². The number of nitrogens with zero attached hydrogens (tertiary/aromatic N) is 2. The maximum atomic E-state index is 10.0. The van der Waals surface area contributed by atoms with E-state index in [9.17, 15) is 10.4 Å². The van der Waals surface area contributed by atoms with E-state index in [-0.39, 0.29) is 5.75 Å². The molecule has 7 heteroatoms. The number of phenols is 1. The number of aromatic amines is 1. The number of fused-ring (bicyclic) bond motifs is 1. The molecule has 0 unspecified atom stereocenters. The van der Waals surface area contributed by atoms with Crippen LogP contribution in [0.1, 0.15) is 11.4 Å². The number of rotatable bonds is 3. The van der Waals surface area contributed by atoms with Crippen molar-refractivity contribution in [2.45, 2.75) is 0 Å². The van der Waals surface area contributed by atoms with E-state index in [2.05, 4.69) is 47.9 Å². The van der Waals surface area contributed by atoms with E-state index >= 15 is 0 Å². The summed E-state index contributed by atoms with van der Waals surface area (Å²) >= 11 is 6.72. The zero-order valence-electron chi connectivity index (χ0n) is 12.5. The largest absolute Gasteiger partial charge is 0.503 e. The molecule has 0 saturated carbocycles. The first-order chi connectivity index (χ1) is 11.5. The summed E-state index contributed by atoms with van der Waals surface area (Å²) < 4.78 is 6.22. The summed E-state index contributed by atoms with van der Waals surface area (Å²) in [5.41, 5.74) is 2.69. The third-order valence-electron chi connectivity index (χ3n) is 3.46. The van der Waals surface area contributed by atoms with Crippen molar-refractivity contribution in [3.05, 3.63) is 50.7 Å². The first-order valence-corrected chi connectivity index (χ1v) is 8.45. The molecule has 0 fully saturated rings. The molecule has 0 saturated heterocycles. The molecule has 0 aliphatic carbocycles. The quantitative estimate of drug-likeness (QED) is 0.560. The van der Waals surface area contributed by atoms with Crippen molar-refractivity contribution in [2.24, 2.45) is 0 Å². The number of hydrogen-bond acceptors (Lipinski definition) is 4. The monoisotopic (exact) mass is 447 g/mol. The first-order valence-electron chi connectivity index (χ1n) is 6.87. The van der Waals surface area contributed by atoms with Gasteiger partial charge in [-0.15, -0.1) is 0 Å². The van der Waals surface area contributed by atoms with Crippen molar-refractivity contribution in [1.82, 2.24) is 9.97 Å². The van der Waals surface area contributed by atoms with Gasteiger partial charge in [0.05, 0.1) is 28.2 Å². The van der Waals surface area contributed by atoms with E-state index in [1.165, 1.54) is 7.11 Å². The molecule has 2 N–H and O–H groups in total. The van der Waals surface area contributed by atoms with E-state index in [1.54, 1.807) is 12.1 Å². The first kappa shape index (κ1) is 16.6. The summed E-state index contributed by atoms with van der Waals surface area (Å²) in [6.45, 7) is 0. The second-order valence-electron chi connectivity index (χ2n) is 4.92. The summed E-state index contributed by atoms with van der Waals surface area (Å²) in [5, 5.41) is 19.5. The van der Waals surface area contributed by atoms with Crippen molar-refractivity contribution in [3.63, 3.8) is 0 Å². The number of benzene rings is 2. The second-order valence-corrected chi connectivity index (χ2v) is 6.50. The van der Waals surface area contributed by atoms with Gasteiger partial charge in [0.1, 0.15) is 11.9 Å². The predicted octanol–water partition coefficient (Wildman–Crippen LogP) is 4.87. The van der Waals surface area contributed by atoms with Crippen molar-refractivity contribution >= 4 is 54.5 Å². The number of para-hydroxylation sites is 2. The number of imidazole rings is 1. The third-order valence-corrected chi connectivity index (χ3v) is 5.62. The van der Waals surface area contributed by atoms with Gasteiger partial charge in [-0.1, -0.05) is 12.1 Å². The number of aromatic nitrogens is 2. The number of H-pyrrole nitrogens is 1. The Labute approximate surface area is 154 Å². The van der Waals surface area contributed by atoms with Crippen LogP contribution in [0.25, 0.3) is 22.7 Å². The van der Waals surface area contributed by atoms with Crippen molar-refractivity contribution in [1.29, 1.82) is 5.26 Å². The van der Waals surface area contributed by atoms with Gasteiger partial charge in [-0.3, -0.25) is 0 Å². The van der Waals surface area contributed by atoms with Crippen LogP contribution in [0.15, 0.2) is 39.3 Å². The third kappa shape index (κ3) is 2.90. The molecule has 5 nitrogen and oxygen atoms in total. The van der Waals surface area contributed by atoms with Gasteiger partial charge in [-0.2, -0.15) is 5.26 Å². The Hall–Kier alpha value is -2.30. The molecule has 0 bridgehead atoms. The van der Waals surface area contributed by atoms with Gasteiger partial charge in [0.2, 0.25) is 0 Å². The molecule has 0 aliphatic heterocycles. The van der Waals surface area contributed by atoms with Gasteiger partial charge in [-0.05, 0) is 61.7 Å². The average molecular weight is 449 g/mol. The standard InChI is InChI=1S/C17H11Br2N3O2/c1-24-13-7-9(14(18)15(19)16(13)23)6-10(8-20)17-21-11-4-2-3-5-12(11)22-17/h2-7,23H,1H3,(H,21,22)/b10-6+. The van der Waals surface area contributed by atoms with Crippen molar-refractivity contribution < 1.29 is 9.84 Å². The van der Waals surface area contributed by atoms with Gasteiger partial charge in [-0.25, -0.2) is 4.98 Å². The molecule has 0 atom stereocenters. The van der Waals surface area contributed by atoms with Crippen LogP contribution in [0.3, 0.4) is 0 Å². The van der Waals surface area contributed by atoms with Crippen LogP contribution in [-0.4, -0.2) is 22.2 Å². The van der Waals surface area contributed by atoms with Crippen molar-refractivity contribution in [3.8, 4) is 17.6 Å². The maximum Gasteiger partial charge on any atom is 0.173 e. The van der Waals surface area contributed by atoms with Crippen LogP contribution in [0.5, 0.6) is 11.5 Å². The van der Waals surface area contributed by atoms with E-state index in [0.717, 1.165) is 11.0 Å². The highest BCUT2D eigenvalue weighted by Crippen LogP contribution is 2.42. The Balaban J connectivity index is 2.15. The zero-order chi connectivity index (χ0) is 17.3. The van der Waals surface area contributed by atoms with Gasteiger partial charge in [0, 0.05) is 4.47 Å². The highest BCUT2D eigenvalue weighted by molar-refractivity contribution is 9.13. The molecule has 24 heavy (non-hydrogen) atoms. The Morgan fingerprint density at radius 2 is 2.08 bits per heavy atom. The Morgan fingerprint density at radius 3 is 2.75 bits per heavy atom. The number of aromatic hydroxyl groups is 1. The van der Waals surface area contributed by atoms with Crippen LogP contribution in [0.2, 0.25) is 0 Å². The minimum Gasteiger partial charge on any atom is -0.503 e. The smallest absolute Gasteiger partial charge is 0.173 e.